The van der Waals surface area contributed by atoms with Crippen LogP contribution in [0.1, 0.15) is 0 Å². The third-order valence-corrected chi connectivity index (χ3v) is 4.92. The molecule has 2 aromatic heterocycles. The van der Waals surface area contributed by atoms with E-state index in [1.54, 1.807) is 30.1 Å². The molecule has 0 unspecified atom stereocenters. The molecule has 0 bridgehead atoms. The zero-order valence-electron chi connectivity index (χ0n) is 14.0. The number of hydrogen-bond acceptors (Lipinski definition) is 8. The van der Waals surface area contributed by atoms with Crippen LogP contribution < -0.4 is 4.74 Å². The number of nitrogens with zero attached hydrogens (tertiary/aromatic N) is 6. The number of non-ortho nitro benzene ring substituents is 1. The van der Waals surface area contributed by atoms with E-state index < -0.39 is 4.92 Å². The predicted octanol–water partition coefficient (Wildman–Crippen LogP) is 3.28. The maximum absolute atomic E-state index is 11.3. The normalized spacial score (nSPS) is 10.9. The molecule has 10 heteroatoms. The van der Waals surface area contributed by atoms with Gasteiger partial charge in [0.25, 0.3) is 5.69 Å². The second kappa shape index (κ2) is 7.00. The molecule has 4 aromatic rings. The topological polar surface area (TPSA) is 109 Å². The van der Waals surface area contributed by atoms with E-state index in [0.29, 0.717) is 27.4 Å². The number of ether oxygens (including phenoxy) is 1. The Hall–Kier alpha value is -3.53. The summed E-state index contributed by atoms with van der Waals surface area (Å²) in [6, 6.07) is 12.3. The minimum Gasteiger partial charge on any atom is -0.494 e. The van der Waals surface area contributed by atoms with E-state index in [1.807, 2.05) is 24.3 Å². The van der Waals surface area contributed by atoms with Gasteiger partial charge in [-0.25, -0.2) is 0 Å². The quantitative estimate of drug-likeness (QED) is 0.383. The molecule has 4 rings (SSSR count). The molecule has 9 nitrogen and oxygen atoms in total. The molecule has 0 atom stereocenters. The summed E-state index contributed by atoms with van der Waals surface area (Å²) in [4.78, 5) is 15.6. The summed E-state index contributed by atoms with van der Waals surface area (Å²) >= 11 is 1.31. The van der Waals surface area contributed by atoms with Crippen molar-refractivity contribution in [2.45, 2.75) is 10.1 Å². The van der Waals surface area contributed by atoms with Gasteiger partial charge in [-0.3, -0.25) is 15.1 Å². The van der Waals surface area contributed by atoms with E-state index in [-0.39, 0.29) is 5.69 Å². The smallest absolute Gasteiger partial charge is 0.278 e. The average molecular weight is 380 g/mol. The molecule has 0 aliphatic rings. The molecule has 0 fully saturated rings. The van der Waals surface area contributed by atoms with Gasteiger partial charge < -0.3 is 4.74 Å². The van der Waals surface area contributed by atoms with Crippen LogP contribution in [0.3, 0.4) is 0 Å². The lowest BCUT2D eigenvalue weighted by Crippen LogP contribution is -2.01. The van der Waals surface area contributed by atoms with Crippen LogP contribution in [0.15, 0.2) is 64.9 Å². The molecular weight excluding hydrogens is 368 g/mol. The monoisotopic (exact) mass is 380 g/mol. The molecule has 27 heavy (non-hydrogen) atoms. The van der Waals surface area contributed by atoms with E-state index in [9.17, 15) is 10.1 Å². The first-order valence-corrected chi connectivity index (χ1v) is 8.61. The lowest BCUT2D eigenvalue weighted by Gasteiger charge is -2.10. The van der Waals surface area contributed by atoms with Gasteiger partial charge in [-0.2, -0.15) is 4.68 Å². The van der Waals surface area contributed by atoms with Crippen molar-refractivity contribution in [1.29, 1.82) is 0 Å². The highest BCUT2D eigenvalue weighted by molar-refractivity contribution is 7.99. The second-order valence-corrected chi connectivity index (χ2v) is 6.42. The molecule has 2 heterocycles. The van der Waals surface area contributed by atoms with Crippen molar-refractivity contribution in [1.82, 2.24) is 25.2 Å². The Morgan fingerprint density at radius 2 is 2.00 bits per heavy atom. The number of pyridine rings is 1. The number of rotatable bonds is 5. The van der Waals surface area contributed by atoms with Crippen LogP contribution in [0.4, 0.5) is 5.69 Å². The summed E-state index contributed by atoms with van der Waals surface area (Å²) in [5.74, 6) is 0.629. The first-order valence-electron chi connectivity index (χ1n) is 7.80. The Bertz CT molecular complexity index is 1150. The maximum atomic E-state index is 11.3. The molecule has 0 amide bonds. The minimum atomic E-state index is -0.419. The number of hydrogen-bond donors (Lipinski definition) is 0. The van der Waals surface area contributed by atoms with E-state index in [0.717, 1.165) is 4.90 Å². The molecular formula is C17H12N6O3S. The van der Waals surface area contributed by atoms with Crippen LogP contribution in [-0.2, 0) is 0 Å². The van der Waals surface area contributed by atoms with Crippen molar-refractivity contribution in [3.63, 3.8) is 0 Å². The molecule has 0 aliphatic heterocycles. The van der Waals surface area contributed by atoms with E-state index in [1.165, 1.54) is 24.0 Å². The van der Waals surface area contributed by atoms with E-state index in [4.69, 9.17) is 4.74 Å². The summed E-state index contributed by atoms with van der Waals surface area (Å²) in [5, 5.41) is 24.8. The molecule has 0 spiro atoms. The largest absolute Gasteiger partial charge is 0.494 e. The number of benzene rings is 2. The Labute approximate surface area is 157 Å². The third kappa shape index (κ3) is 3.06. The van der Waals surface area contributed by atoms with Crippen molar-refractivity contribution >= 4 is 28.2 Å². The number of fused-ring (bicyclic) bond motifs is 1. The van der Waals surface area contributed by atoms with Gasteiger partial charge in [-0.05, 0) is 46.5 Å². The fourth-order valence-corrected chi connectivity index (χ4v) is 3.61. The fourth-order valence-electron chi connectivity index (χ4n) is 2.69. The maximum Gasteiger partial charge on any atom is 0.278 e. The summed E-state index contributed by atoms with van der Waals surface area (Å²) in [6.45, 7) is 0. The van der Waals surface area contributed by atoms with Gasteiger partial charge in [-0.1, -0.05) is 12.1 Å². The number of para-hydroxylation sites is 2. The Kier molecular flexibility index (Phi) is 4.38. The van der Waals surface area contributed by atoms with Gasteiger partial charge in [-0.15, -0.1) is 5.10 Å². The lowest BCUT2D eigenvalue weighted by atomic mass is 10.1. The first kappa shape index (κ1) is 16.9. The van der Waals surface area contributed by atoms with Crippen LogP contribution in [0.2, 0.25) is 0 Å². The standard InChI is InChI=1S/C17H12N6O3S/c1-26-15-5-3-2-4-14(15)22-17(19-20-21-22)27-16-7-6-13(23(24)25)12-10-18-9-8-11(12)16/h2-10H,1H3. The first-order chi connectivity index (χ1) is 13.2. The summed E-state index contributed by atoms with van der Waals surface area (Å²) in [7, 11) is 1.58. The average Bonchev–Trinajstić information content (AvgIpc) is 3.16. The van der Waals surface area contributed by atoms with Gasteiger partial charge in [0.1, 0.15) is 11.4 Å². The Morgan fingerprint density at radius 3 is 2.81 bits per heavy atom. The third-order valence-electron chi connectivity index (χ3n) is 3.91. The molecule has 2 aromatic carbocycles. The highest BCUT2D eigenvalue weighted by Crippen LogP contribution is 2.37. The summed E-state index contributed by atoms with van der Waals surface area (Å²) < 4.78 is 6.95. The van der Waals surface area contributed by atoms with E-state index in [2.05, 4.69) is 20.5 Å². The van der Waals surface area contributed by atoms with Crippen molar-refractivity contribution in [2.24, 2.45) is 0 Å². The van der Waals surface area contributed by atoms with Crippen LogP contribution in [0.25, 0.3) is 16.5 Å². The Balaban J connectivity index is 1.80. The van der Waals surface area contributed by atoms with Crippen molar-refractivity contribution in [3.8, 4) is 11.4 Å². The Morgan fingerprint density at radius 1 is 1.15 bits per heavy atom. The van der Waals surface area contributed by atoms with Gasteiger partial charge in [0.05, 0.1) is 17.4 Å². The van der Waals surface area contributed by atoms with Crippen molar-refractivity contribution in [3.05, 3.63) is 65.0 Å². The summed E-state index contributed by atoms with van der Waals surface area (Å²) in [6.07, 6.45) is 3.08. The molecule has 134 valence electrons. The van der Waals surface area contributed by atoms with E-state index >= 15 is 0 Å². The zero-order chi connectivity index (χ0) is 18.8. The number of tetrazole rings is 1. The number of nitro groups is 1. The van der Waals surface area contributed by atoms with Crippen molar-refractivity contribution in [2.75, 3.05) is 7.11 Å². The van der Waals surface area contributed by atoms with Crippen LogP contribution in [0, 0.1) is 10.1 Å². The molecule has 0 aliphatic carbocycles. The van der Waals surface area contributed by atoms with Gasteiger partial charge in [0.15, 0.2) is 0 Å². The summed E-state index contributed by atoms with van der Waals surface area (Å²) in [5.41, 5.74) is 0.701. The number of nitro benzene ring substituents is 1. The molecule has 0 N–H and O–H groups in total. The van der Waals surface area contributed by atoms with Crippen LogP contribution >= 0.6 is 11.8 Å². The molecule has 0 saturated heterocycles. The zero-order valence-corrected chi connectivity index (χ0v) is 14.8. The highest BCUT2D eigenvalue weighted by atomic mass is 32.2. The van der Waals surface area contributed by atoms with Crippen LogP contribution in [-0.4, -0.2) is 37.2 Å². The number of aromatic nitrogens is 5. The SMILES string of the molecule is COc1ccccc1-n1nnnc1Sc1ccc([N+](=O)[O-])c2cnccc12. The minimum absolute atomic E-state index is 0.00627. The predicted molar refractivity (Wildman–Crippen MR) is 98.2 cm³/mol. The molecule has 0 radical (unpaired) electrons. The second-order valence-electron chi connectivity index (χ2n) is 5.41. The van der Waals surface area contributed by atoms with Gasteiger partial charge in [0.2, 0.25) is 5.16 Å². The fraction of sp³-hybridized carbons (Fsp3) is 0.0588. The highest BCUT2D eigenvalue weighted by Gasteiger charge is 2.18. The van der Waals surface area contributed by atoms with Crippen molar-refractivity contribution < 1.29 is 9.66 Å². The molecule has 0 saturated carbocycles. The van der Waals surface area contributed by atoms with Gasteiger partial charge >= 0.3 is 0 Å². The number of methoxy groups -OCH3 is 1. The van der Waals surface area contributed by atoms with Gasteiger partial charge in [0, 0.05) is 28.7 Å². The lowest BCUT2D eigenvalue weighted by molar-refractivity contribution is -0.383. The van der Waals surface area contributed by atoms with Crippen LogP contribution in [0.5, 0.6) is 5.75 Å².